The summed E-state index contributed by atoms with van der Waals surface area (Å²) in [6.45, 7) is 3.24. The number of ether oxygens (including phenoxy) is 1. The number of rotatable bonds is 4. The van der Waals surface area contributed by atoms with Crippen LogP contribution in [-0.4, -0.2) is 59.2 Å². The lowest BCUT2D eigenvalue weighted by molar-refractivity contribution is 0.0623. The van der Waals surface area contributed by atoms with Crippen molar-refractivity contribution < 1.29 is 13.9 Å². The van der Waals surface area contributed by atoms with Crippen LogP contribution in [0.4, 0.5) is 4.39 Å². The van der Waals surface area contributed by atoms with Crippen molar-refractivity contribution in [2.75, 3.05) is 33.3 Å². The van der Waals surface area contributed by atoms with Gasteiger partial charge in [-0.2, -0.15) is 5.10 Å². The minimum absolute atomic E-state index is 0.0598. The third-order valence-electron chi connectivity index (χ3n) is 4.97. The quantitative estimate of drug-likeness (QED) is 0.769. The number of nitrogens with zero attached hydrogens (tertiary/aromatic N) is 3. The van der Waals surface area contributed by atoms with Crippen LogP contribution in [0.5, 0.6) is 5.75 Å². The molecule has 1 saturated heterocycles. The highest BCUT2D eigenvalue weighted by Gasteiger charge is 2.25. The standard InChI is InChI=1S/C20H21FN4O2/c1-27-18-7-6-15(21)12-14(18)13-24-8-10-25(11-9-24)20(26)19-16-4-2-3-5-17(16)22-23-19/h2-7,12H,8-11,13H2,1H3,(H,22,23). The van der Waals surface area contributed by atoms with Crippen molar-refractivity contribution in [2.24, 2.45) is 0 Å². The molecule has 0 saturated carbocycles. The first-order chi connectivity index (χ1) is 13.2. The van der Waals surface area contributed by atoms with Crippen LogP contribution in [-0.2, 0) is 6.54 Å². The first kappa shape index (κ1) is 17.5. The second-order valence-electron chi connectivity index (χ2n) is 6.64. The number of methoxy groups -OCH3 is 1. The molecule has 1 N–H and O–H groups in total. The summed E-state index contributed by atoms with van der Waals surface area (Å²) >= 11 is 0. The smallest absolute Gasteiger partial charge is 0.275 e. The minimum Gasteiger partial charge on any atom is -0.496 e. The van der Waals surface area contributed by atoms with E-state index in [4.69, 9.17) is 4.74 Å². The Morgan fingerprint density at radius 3 is 2.74 bits per heavy atom. The highest BCUT2D eigenvalue weighted by molar-refractivity contribution is 6.04. The zero-order valence-electron chi connectivity index (χ0n) is 15.1. The lowest BCUT2D eigenvalue weighted by Gasteiger charge is -2.34. The molecule has 1 aromatic heterocycles. The van der Waals surface area contributed by atoms with Crippen molar-refractivity contribution in [2.45, 2.75) is 6.54 Å². The number of hydrogen-bond donors (Lipinski definition) is 1. The molecule has 4 rings (SSSR count). The van der Waals surface area contributed by atoms with Gasteiger partial charge in [-0.3, -0.25) is 14.8 Å². The maximum atomic E-state index is 13.6. The number of para-hydroxylation sites is 1. The number of nitrogens with one attached hydrogen (secondary N) is 1. The maximum Gasteiger partial charge on any atom is 0.275 e. The molecular formula is C20H21FN4O2. The van der Waals surface area contributed by atoms with E-state index in [1.165, 1.54) is 12.1 Å². The average molecular weight is 368 g/mol. The fraction of sp³-hybridized carbons (Fsp3) is 0.300. The van der Waals surface area contributed by atoms with Gasteiger partial charge in [-0.15, -0.1) is 0 Å². The summed E-state index contributed by atoms with van der Waals surface area (Å²) in [7, 11) is 1.58. The molecule has 0 bridgehead atoms. The lowest BCUT2D eigenvalue weighted by Crippen LogP contribution is -2.48. The molecule has 0 aliphatic carbocycles. The van der Waals surface area contributed by atoms with Crippen molar-refractivity contribution in [3.63, 3.8) is 0 Å². The molecule has 27 heavy (non-hydrogen) atoms. The molecule has 0 radical (unpaired) electrons. The van der Waals surface area contributed by atoms with Gasteiger partial charge in [-0.25, -0.2) is 4.39 Å². The fourth-order valence-electron chi connectivity index (χ4n) is 3.50. The Hall–Kier alpha value is -2.93. The van der Waals surface area contributed by atoms with Crippen molar-refractivity contribution in [1.29, 1.82) is 0 Å². The molecule has 6 nitrogen and oxygen atoms in total. The molecule has 0 atom stereocenters. The van der Waals surface area contributed by atoms with Crippen LogP contribution in [0.3, 0.4) is 0 Å². The molecule has 3 aromatic rings. The SMILES string of the molecule is COc1ccc(F)cc1CN1CCN(C(=O)c2n[nH]c3ccccc23)CC1. The maximum absolute atomic E-state index is 13.6. The van der Waals surface area contributed by atoms with Gasteiger partial charge in [0.15, 0.2) is 5.69 Å². The summed E-state index contributed by atoms with van der Waals surface area (Å²) in [4.78, 5) is 16.9. The monoisotopic (exact) mass is 368 g/mol. The first-order valence-electron chi connectivity index (χ1n) is 8.93. The fourth-order valence-corrected chi connectivity index (χ4v) is 3.50. The highest BCUT2D eigenvalue weighted by atomic mass is 19.1. The van der Waals surface area contributed by atoms with Gasteiger partial charge in [0.25, 0.3) is 5.91 Å². The molecule has 1 aliphatic heterocycles. The Balaban J connectivity index is 1.42. The molecular weight excluding hydrogens is 347 g/mol. The van der Waals surface area contributed by atoms with Gasteiger partial charge in [0.05, 0.1) is 12.6 Å². The zero-order chi connectivity index (χ0) is 18.8. The van der Waals surface area contributed by atoms with Crippen LogP contribution in [0.25, 0.3) is 10.9 Å². The van der Waals surface area contributed by atoms with E-state index in [1.807, 2.05) is 29.2 Å². The van der Waals surface area contributed by atoms with E-state index in [2.05, 4.69) is 15.1 Å². The predicted molar refractivity (Wildman–Crippen MR) is 100 cm³/mol. The van der Waals surface area contributed by atoms with Crippen LogP contribution in [0.2, 0.25) is 0 Å². The molecule has 7 heteroatoms. The van der Waals surface area contributed by atoms with Gasteiger partial charge < -0.3 is 9.64 Å². The number of halogens is 1. The van der Waals surface area contributed by atoms with E-state index in [-0.39, 0.29) is 11.7 Å². The molecule has 1 aliphatic rings. The lowest BCUT2D eigenvalue weighted by atomic mass is 10.1. The predicted octanol–water partition coefficient (Wildman–Crippen LogP) is 2.67. The number of amides is 1. The van der Waals surface area contributed by atoms with Crippen molar-refractivity contribution in [3.8, 4) is 5.75 Å². The van der Waals surface area contributed by atoms with Gasteiger partial charge in [-0.1, -0.05) is 18.2 Å². The third-order valence-corrected chi connectivity index (χ3v) is 4.97. The van der Waals surface area contributed by atoms with Gasteiger partial charge in [0.1, 0.15) is 11.6 Å². The van der Waals surface area contributed by atoms with Crippen molar-refractivity contribution in [1.82, 2.24) is 20.0 Å². The second-order valence-corrected chi connectivity index (χ2v) is 6.64. The average Bonchev–Trinajstić information content (AvgIpc) is 3.12. The van der Waals surface area contributed by atoms with Crippen molar-refractivity contribution in [3.05, 3.63) is 59.5 Å². The zero-order valence-corrected chi connectivity index (χ0v) is 15.1. The van der Waals surface area contributed by atoms with Crippen molar-refractivity contribution >= 4 is 16.8 Å². The van der Waals surface area contributed by atoms with Gasteiger partial charge >= 0.3 is 0 Å². The van der Waals surface area contributed by atoms with E-state index >= 15 is 0 Å². The van der Waals surface area contributed by atoms with Crippen LogP contribution < -0.4 is 4.74 Å². The molecule has 1 fully saturated rings. The summed E-state index contributed by atoms with van der Waals surface area (Å²) in [6, 6.07) is 12.2. The summed E-state index contributed by atoms with van der Waals surface area (Å²) in [5, 5.41) is 7.95. The Morgan fingerprint density at radius 2 is 1.96 bits per heavy atom. The highest BCUT2D eigenvalue weighted by Crippen LogP contribution is 2.22. The molecule has 2 heterocycles. The molecule has 2 aromatic carbocycles. The Bertz CT molecular complexity index is 964. The van der Waals surface area contributed by atoms with Crippen LogP contribution in [0, 0.1) is 5.82 Å². The van der Waals surface area contributed by atoms with Gasteiger partial charge in [0, 0.05) is 43.7 Å². The first-order valence-corrected chi connectivity index (χ1v) is 8.93. The number of H-pyrrole nitrogens is 1. The number of piperazine rings is 1. The number of carbonyl (C=O) groups is 1. The van der Waals surface area contributed by atoms with Crippen LogP contribution >= 0.6 is 0 Å². The normalized spacial score (nSPS) is 15.3. The Kier molecular flexibility index (Phi) is 4.77. The number of aromatic nitrogens is 2. The van der Waals surface area contributed by atoms with E-state index in [0.29, 0.717) is 44.2 Å². The minimum atomic E-state index is -0.273. The van der Waals surface area contributed by atoms with E-state index < -0.39 is 0 Å². The largest absolute Gasteiger partial charge is 0.496 e. The number of aromatic amines is 1. The summed E-state index contributed by atoms with van der Waals surface area (Å²) in [5.74, 6) is 0.346. The summed E-state index contributed by atoms with van der Waals surface area (Å²) in [6.07, 6.45) is 0. The van der Waals surface area contributed by atoms with E-state index in [1.54, 1.807) is 13.2 Å². The summed E-state index contributed by atoms with van der Waals surface area (Å²) < 4.78 is 18.9. The summed E-state index contributed by atoms with van der Waals surface area (Å²) in [5.41, 5.74) is 2.14. The number of carbonyl (C=O) groups excluding carboxylic acids is 1. The van der Waals surface area contributed by atoms with Gasteiger partial charge in [0.2, 0.25) is 0 Å². The number of benzene rings is 2. The second kappa shape index (κ2) is 7.36. The van der Waals surface area contributed by atoms with E-state index in [9.17, 15) is 9.18 Å². The molecule has 0 unspecified atom stereocenters. The van der Waals surface area contributed by atoms with Crippen LogP contribution in [0.15, 0.2) is 42.5 Å². The van der Waals surface area contributed by atoms with Crippen LogP contribution in [0.1, 0.15) is 16.1 Å². The topological polar surface area (TPSA) is 61.5 Å². The molecule has 140 valence electrons. The van der Waals surface area contributed by atoms with Gasteiger partial charge in [-0.05, 0) is 24.3 Å². The Labute approximate surface area is 156 Å². The third kappa shape index (κ3) is 3.50. The Morgan fingerprint density at radius 1 is 1.19 bits per heavy atom. The number of fused-ring (bicyclic) bond motifs is 1. The molecule has 1 amide bonds. The molecule has 0 spiro atoms. The van der Waals surface area contributed by atoms with E-state index in [0.717, 1.165) is 16.5 Å². The number of hydrogen-bond acceptors (Lipinski definition) is 4.